The van der Waals surface area contributed by atoms with Gasteiger partial charge in [-0.05, 0) is 37.1 Å². The number of hydrogen-bond donors (Lipinski definition) is 1. The molecule has 136 valence electrons. The molecule has 1 fully saturated rings. The minimum Gasteiger partial charge on any atom is -0.452 e. The molecule has 1 aliphatic rings. The first-order valence-corrected chi connectivity index (χ1v) is 7.66. The van der Waals surface area contributed by atoms with Crippen LogP contribution in [0.3, 0.4) is 0 Å². The van der Waals surface area contributed by atoms with E-state index in [1.165, 1.54) is 29.2 Å². The second-order valence-corrected chi connectivity index (χ2v) is 5.54. The zero-order valence-electron chi connectivity index (χ0n) is 13.3. The van der Waals surface area contributed by atoms with Gasteiger partial charge in [-0.3, -0.25) is 9.59 Å². The Hall–Kier alpha value is -2.71. The quantitative estimate of drug-likeness (QED) is 0.772. The summed E-state index contributed by atoms with van der Waals surface area (Å²) in [7, 11) is 0. The van der Waals surface area contributed by atoms with Crippen molar-refractivity contribution in [2.75, 3.05) is 19.7 Å². The molecule has 7 nitrogen and oxygen atoms in total. The molecule has 9 heteroatoms. The number of likely N-dealkylation sites (tertiary alicyclic amines) is 1. The number of rotatable bonds is 6. The van der Waals surface area contributed by atoms with E-state index in [1.807, 2.05) is 0 Å². The van der Waals surface area contributed by atoms with E-state index in [1.54, 1.807) is 0 Å². The molecule has 1 aromatic rings. The second kappa shape index (κ2) is 8.41. The third kappa shape index (κ3) is 5.40. The zero-order chi connectivity index (χ0) is 18.4. The lowest BCUT2D eigenvalue weighted by Gasteiger charge is -2.30. The Balaban J connectivity index is 1.79. The van der Waals surface area contributed by atoms with Crippen molar-refractivity contribution in [1.29, 1.82) is 0 Å². The highest BCUT2D eigenvalue weighted by atomic mass is 19.3. The number of benzene rings is 1. The number of alkyl halides is 2. The number of carbonyl (C=O) groups is 3. The van der Waals surface area contributed by atoms with E-state index >= 15 is 0 Å². The summed E-state index contributed by atoms with van der Waals surface area (Å²) in [5, 5.41) is 0. The first kappa shape index (κ1) is 18.6. The second-order valence-electron chi connectivity index (χ2n) is 5.54. The van der Waals surface area contributed by atoms with Gasteiger partial charge in [0, 0.05) is 19.0 Å². The summed E-state index contributed by atoms with van der Waals surface area (Å²) in [4.78, 5) is 36.5. The number of hydrogen-bond acceptors (Lipinski definition) is 5. The number of nitrogens with two attached hydrogens (primary N) is 1. The van der Waals surface area contributed by atoms with Crippen molar-refractivity contribution in [1.82, 2.24) is 4.90 Å². The zero-order valence-corrected chi connectivity index (χ0v) is 13.3. The van der Waals surface area contributed by atoms with Gasteiger partial charge < -0.3 is 20.1 Å². The molecule has 1 aromatic carbocycles. The molecule has 0 saturated carbocycles. The first-order chi connectivity index (χ1) is 11.9. The third-order valence-corrected chi connectivity index (χ3v) is 3.89. The molecule has 0 radical (unpaired) electrons. The van der Waals surface area contributed by atoms with E-state index in [9.17, 15) is 23.2 Å². The lowest BCUT2D eigenvalue weighted by molar-refractivity contribution is -0.137. The molecule has 0 unspecified atom stereocenters. The molecule has 0 aromatic heterocycles. The first-order valence-electron chi connectivity index (χ1n) is 7.66. The van der Waals surface area contributed by atoms with Crippen LogP contribution in [0.1, 0.15) is 23.2 Å². The Kier molecular flexibility index (Phi) is 6.26. The van der Waals surface area contributed by atoms with Crippen LogP contribution in [-0.2, 0) is 14.3 Å². The molecular formula is C16H18F2N2O5. The highest BCUT2D eigenvalue weighted by Crippen LogP contribution is 2.17. The van der Waals surface area contributed by atoms with E-state index in [0.29, 0.717) is 25.9 Å². The maximum atomic E-state index is 12.1. The normalized spacial score (nSPS) is 15.1. The topological polar surface area (TPSA) is 98.9 Å². The van der Waals surface area contributed by atoms with E-state index in [4.69, 9.17) is 10.5 Å². The highest BCUT2D eigenvalue weighted by Gasteiger charge is 2.26. The van der Waals surface area contributed by atoms with Crippen LogP contribution in [0.25, 0.3) is 0 Å². The van der Waals surface area contributed by atoms with Gasteiger partial charge >= 0.3 is 12.6 Å². The van der Waals surface area contributed by atoms with Crippen molar-refractivity contribution >= 4 is 17.8 Å². The SMILES string of the molecule is NC(=O)C1CCN(C(=O)COC(=O)c2ccc(OC(F)F)cc2)CC1. The van der Waals surface area contributed by atoms with Gasteiger partial charge in [0.2, 0.25) is 5.91 Å². The van der Waals surface area contributed by atoms with Gasteiger partial charge in [-0.1, -0.05) is 0 Å². The molecule has 0 spiro atoms. The summed E-state index contributed by atoms with van der Waals surface area (Å²) in [5.74, 6) is -1.81. The molecule has 2 N–H and O–H groups in total. The van der Waals surface area contributed by atoms with Gasteiger partial charge in [0.25, 0.3) is 5.91 Å². The van der Waals surface area contributed by atoms with E-state index < -0.39 is 19.2 Å². The van der Waals surface area contributed by atoms with Crippen LogP contribution in [0.15, 0.2) is 24.3 Å². The highest BCUT2D eigenvalue weighted by molar-refractivity contribution is 5.91. The van der Waals surface area contributed by atoms with E-state index in [-0.39, 0.29) is 29.0 Å². The fourth-order valence-corrected chi connectivity index (χ4v) is 2.49. The van der Waals surface area contributed by atoms with Crippen molar-refractivity contribution in [3.05, 3.63) is 29.8 Å². The van der Waals surface area contributed by atoms with Gasteiger partial charge in [-0.15, -0.1) is 0 Å². The van der Waals surface area contributed by atoms with Crippen molar-refractivity contribution in [2.24, 2.45) is 11.7 Å². The third-order valence-electron chi connectivity index (χ3n) is 3.89. The van der Waals surface area contributed by atoms with Crippen LogP contribution < -0.4 is 10.5 Å². The van der Waals surface area contributed by atoms with Crippen LogP contribution in [-0.4, -0.2) is 49.0 Å². The van der Waals surface area contributed by atoms with E-state index in [2.05, 4.69) is 4.74 Å². The predicted molar refractivity (Wildman–Crippen MR) is 81.9 cm³/mol. The molecule has 1 aliphatic heterocycles. The molecule has 1 heterocycles. The number of carbonyl (C=O) groups excluding carboxylic acids is 3. The average Bonchev–Trinajstić information content (AvgIpc) is 2.59. The Morgan fingerprint density at radius 3 is 2.28 bits per heavy atom. The lowest BCUT2D eigenvalue weighted by Crippen LogP contribution is -2.43. The summed E-state index contributed by atoms with van der Waals surface area (Å²) in [5.41, 5.74) is 5.34. The van der Waals surface area contributed by atoms with Gasteiger partial charge in [0.05, 0.1) is 5.56 Å². The Morgan fingerprint density at radius 1 is 1.16 bits per heavy atom. The van der Waals surface area contributed by atoms with Crippen molar-refractivity contribution < 1.29 is 32.6 Å². The molecule has 2 rings (SSSR count). The van der Waals surface area contributed by atoms with Gasteiger partial charge in [-0.2, -0.15) is 8.78 Å². The fourth-order valence-electron chi connectivity index (χ4n) is 2.49. The largest absolute Gasteiger partial charge is 0.452 e. The van der Waals surface area contributed by atoms with Crippen LogP contribution >= 0.6 is 0 Å². The number of halogens is 2. The molecular weight excluding hydrogens is 338 g/mol. The summed E-state index contributed by atoms with van der Waals surface area (Å²) < 4.78 is 33.2. The molecule has 0 aliphatic carbocycles. The predicted octanol–water partition coefficient (Wildman–Crippen LogP) is 1.17. The number of nitrogens with zero attached hydrogens (tertiary/aromatic N) is 1. The lowest BCUT2D eigenvalue weighted by atomic mass is 9.96. The summed E-state index contributed by atoms with van der Waals surface area (Å²) in [6.45, 7) is -2.63. The Morgan fingerprint density at radius 2 is 1.76 bits per heavy atom. The minimum absolute atomic E-state index is 0.0834. The summed E-state index contributed by atoms with van der Waals surface area (Å²) in [6, 6.07) is 4.95. The van der Waals surface area contributed by atoms with Crippen LogP contribution in [0.5, 0.6) is 5.75 Å². The maximum Gasteiger partial charge on any atom is 0.387 e. The molecule has 0 atom stereocenters. The van der Waals surface area contributed by atoms with Crippen molar-refractivity contribution in [3.8, 4) is 5.75 Å². The van der Waals surface area contributed by atoms with E-state index in [0.717, 1.165) is 0 Å². The molecule has 2 amide bonds. The fraction of sp³-hybridized carbons (Fsp3) is 0.438. The van der Waals surface area contributed by atoms with Crippen molar-refractivity contribution in [3.63, 3.8) is 0 Å². The number of ether oxygens (including phenoxy) is 2. The number of esters is 1. The summed E-state index contributed by atoms with van der Waals surface area (Å²) >= 11 is 0. The smallest absolute Gasteiger partial charge is 0.387 e. The van der Waals surface area contributed by atoms with Crippen LogP contribution in [0.4, 0.5) is 8.78 Å². The number of amides is 2. The monoisotopic (exact) mass is 356 g/mol. The van der Waals surface area contributed by atoms with Crippen molar-refractivity contribution in [2.45, 2.75) is 19.5 Å². The van der Waals surface area contributed by atoms with Crippen LogP contribution in [0, 0.1) is 5.92 Å². The maximum absolute atomic E-state index is 12.1. The number of piperidine rings is 1. The molecule has 1 saturated heterocycles. The molecule has 25 heavy (non-hydrogen) atoms. The van der Waals surface area contributed by atoms with Gasteiger partial charge in [-0.25, -0.2) is 4.79 Å². The number of primary amides is 1. The van der Waals surface area contributed by atoms with Gasteiger partial charge in [0.15, 0.2) is 6.61 Å². The Labute approximate surface area is 142 Å². The minimum atomic E-state index is -2.95. The standard InChI is InChI=1S/C16H18F2N2O5/c17-16(18)25-12-3-1-11(2-4-12)15(23)24-9-13(21)20-7-5-10(6-8-20)14(19)22/h1-4,10,16H,5-9H2,(H2,19,22). The summed E-state index contributed by atoms with van der Waals surface area (Å²) in [6.07, 6.45) is 0.973. The average molecular weight is 356 g/mol. The van der Waals surface area contributed by atoms with Crippen LogP contribution in [0.2, 0.25) is 0 Å². The Bertz CT molecular complexity index is 628. The van der Waals surface area contributed by atoms with Gasteiger partial charge in [0.1, 0.15) is 5.75 Å². The molecule has 0 bridgehead atoms.